The molecule has 1 aliphatic heterocycles. The Balaban J connectivity index is 1.59. The zero-order valence-electron chi connectivity index (χ0n) is 17.6. The standard InChI is InChI=1S/C23H29N3O4/c1-3-29-20-13-10-18(16-21(20)30-4-2)25-23(28)22(27)24-17-8-11-19(12-9-17)26-14-6-5-7-15-26/h8-13,16H,3-7,14-15H2,1-2H3,(H,24,27)(H,25,28). The number of hydrogen-bond donors (Lipinski definition) is 2. The number of nitrogens with zero attached hydrogens (tertiary/aromatic N) is 1. The molecule has 160 valence electrons. The number of hydrogen-bond acceptors (Lipinski definition) is 5. The molecule has 3 rings (SSSR count). The highest BCUT2D eigenvalue weighted by Crippen LogP contribution is 2.30. The largest absolute Gasteiger partial charge is 0.490 e. The van der Waals surface area contributed by atoms with Gasteiger partial charge in [0.25, 0.3) is 0 Å². The van der Waals surface area contributed by atoms with Gasteiger partial charge in [-0.1, -0.05) is 0 Å². The van der Waals surface area contributed by atoms with E-state index in [1.165, 1.54) is 19.3 Å². The Hall–Kier alpha value is -3.22. The van der Waals surface area contributed by atoms with Crippen LogP contribution in [0.2, 0.25) is 0 Å². The van der Waals surface area contributed by atoms with Crippen molar-refractivity contribution in [2.24, 2.45) is 0 Å². The molecule has 0 bridgehead atoms. The minimum atomic E-state index is -0.748. The van der Waals surface area contributed by atoms with Gasteiger partial charge >= 0.3 is 11.8 Å². The van der Waals surface area contributed by atoms with Crippen LogP contribution in [-0.4, -0.2) is 38.1 Å². The number of benzene rings is 2. The fourth-order valence-electron chi connectivity index (χ4n) is 3.41. The normalized spacial score (nSPS) is 13.5. The third-order valence-electron chi connectivity index (χ3n) is 4.85. The summed E-state index contributed by atoms with van der Waals surface area (Å²) in [4.78, 5) is 26.9. The van der Waals surface area contributed by atoms with E-state index in [1.54, 1.807) is 18.2 Å². The summed E-state index contributed by atoms with van der Waals surface area (Å²) in [7, 11) is 0. The highest BCUT2D eigenvalue weighted by Gasteiger charge is 2.16. The van der Waals surface area contributed by atoms with Crippen molar-refractivity contribution in [1.82, 2.24) is 0 Å². The van der Waals surface area contributed by atoms with E-state index in [1.807, 2.05) is 38.1 Å². The number of anilines is 3. The first kappa shape index (κ1) is 21.5. The van der Waals surface area contributed by atoms with Crippen LogP contribution in [0, 0.1) is 0 Å². The van der Waals surface area contributed by atoms with Crippen LogP contribution in [0.5, 0.6) is 11.5 Å². The first-order chi connectivity index (χ1) is 14.6. The molecule has 0 spiro atoms. The molecule has 1 aliphatic rings. The summed E-state index contributed by atoms with van der Waals surface area (Å²) in [6.45, 7) is 6.83. The summed E-state index contributed by atoms with van der Waals surface area (Å²) in [5.41, 5.74) is 2.18. The van der Waals surface area contributed by atoms with E-state index in [9.17, 15) is 9.59 Å². The number of ether oxygens (including phenoxy) is 2. The highest BCUT2D eigenvalue weighted by molar-refractivity contribution is 6.43. The minimum Gasteiger partial charge on any atom is -0.490 e. The molecular formula is C23H29N3O4. The first-order valence-corrected chi connectivity index (χ1v) is 10.5. The molecule has 2 amide bonds. The summed E-state index contributed by atoms with van der Waals surface area (Å²) in [6, 6.07) is 12.6. The summed E-state index contributed by atoms with van der Waals surface area (Å²) >= 11 is 0. The number of nitrogens with one attached hydrogen (secondary N) is 2. The Morgan fingerprint density at radius 1 is 0.800 bits per heavy atom. The number of amides is 2. The lowest BCUT2D eigenvalue weighted by molar-refractivity contribution is -0.132. The molecule has 0 aliphatic carbocycles. The summed E-state index contributed by atoms with van der Waals surface area (Å²) in [5.74, 6) is -0.365. The van der Waals surface area contributed by atoms with Crippen LogP contribution in [0.1, 0.15) is 33.1 Å². The number of carbonyl (C=O) groups is 2. The van der Waals surface area contributed by atoms with Gasteiger partial charge in [-0.25, -0.2) is 0 Å². The molecule has 2 aromatic carbocycles. The molecule has 0 saturated carbocycles. The molecule has 1 fully saturated rings. The zero-order valence-corrected chi connectivity index (χ0v) is 17.6. The average molecular weight is 412 g/mol. The lowest BCUT2D eigenvalue weighted by Crippen LogP contribution is -2.30. The van der Waals surface area contributed by atoms with Crippen molar-refractivity contribution in [2.75, 3.05) is 41.8 Å². The van der Waals surface area contributed by atoms with Gasteiger partial charge < -0.3 is 25.0 Å². The molecule has 7 nitrogen and oxygen atoms in total. The van der Waals surface area contributed by atoms with Crippen molar-refractivity contribution < 1.29 is 19.1 Å². The van der Waals surface area contributed by atoms with Crippen LogP contribution < -0.4 is 25.0 Å². The Morgan fingerprint density at radius 3 is 2.00 bits per heavy atom. The number of piperidine rings is 1. The third-order valence-corrected chi connectivity index (χ3v) is 4.85. The number of carbonyl (C=O) groups excluding carboxylic acids is 2. The Bertz CT molecular complexity index is 861. The van der Waals surface area contributed by atoms with Crippen molar-refractivity contribution in [2.45, 2.75) is 33.1 Å². The summed E-state index contributed by atoms with van der Waals surface area (Å²) < 4.78 is 11.1. The van der Waals surface area contributed by atoms with E-state index >= 15 is 0 Å². The quantitative estimate of drug-likeness (QED) is 0.672. The van der Waals surface area contributed by atoms with Crippen LogP contribution in [0.25, 0.3) is 0 Å². The lowest BCUT2D eigenvalue weighted by atomic mass is 10.1. The summed E-state index contributed by atoms with van der Waals surface area (Å²) in [5, 5.41) is 5.24. The fourth-order valence-corrected chi connectivity index (χ4v) is 3.41. The molecule has 0 radical (unpaired) electrons. The van der Waals surface area contributed by atoms with Gasteiger partial charge in [0.05, 0.1) is 13.2 Å². The average Bonchev–Trinajstić information content (AvgIpc) is 2.77. The topological polar surface area (TPSA) is 79.9 Å². The van der Waals surface area contributed by atoms with Crippen LogP contribution in [0.3, 0.4) is 0 Å². The summed E-state index contributed by atoms with van der Waals surface area (Å²) in [6.07, 6.45) is 3.69. The molecular weight excluding hydrogens is 382 g/mol. The van der Waals surface area contributed by atoms with Gasteiger partial charge in [0.1, 0.15) is 0 Å². The Morgan fingerprint density at radius 2 is 1.37 bits per heavy atom. The predicted octanol–water partition coefficient (Wildman–Crippen LogP) is 4.05. The maximum Gasteiger partial charge on any atom is 0.314 e. The maximum atomic E-state index is 12.3. The van der Waals surface area contributed by atoms with Crippen molar-refractivity contribution in [3.05, 3.63) is 42.5 Å². The smallest absolute Gasteiger partial charge is 0.314 e. The van der Waals surface area contributed by atoms with Crippen LogP contribution in [-0.2, 0) is 9.59 Å². The fraction of sp³-hybridized carbons (Fsp3) is 0.391. The van der Waals surface area contributed by atoms with E-state index in [2.05, 4.69) is 15.5 Å². The maximum absolute atomic E-state index is 12.3. The predicted molar refractivity (Wildman–Crippen MR) is 119 cm³/mol. The van der Waals surface area contributed by atoms with Gasteiger partial charge in [0.15, 0.2) is 11.5 Å². The van der Waals surface area contributed by atoms with Crippen molar-refractivity contribution in [1.29, 1.82) is 0 Å². The zero-order chi connectivity index (χ0) is 21.3. The highest BCUT2D eigenvalue weighted by atomic mass is 16.5. The van der Waals surface area contributed by atoms with Crippen LogP contribution in [0.15, 0.2) is 42.5 Å². The van der Waals surface area contributed by atoms with Crippen molar-refractivity contribution in [3.63, 3.8) is 0 Å². The van der Waals surface area contributed by atoms with Crippen molar-refractivity contribution in [3.8, 4) is 11.5 Å². The molecule has 2 aromatic rings. The van der Waals surface area contributed by atoms with Gasteiger partial charge in [-0.05, 0) is 69.5 Å². The van der Waals surface area contributed by atoms with Crippen molar-refractivity contribution >= 4 is 28.9 Å². The molecule has 2 N–H and O–H groups in total. The number of rotatable bonds is 7. The Kier molecular flexibility index (Phi) is 7.54. The molecule has 1 saturated heterocycles. The molecule has 0 unspecified atom stereocenters. The molecule has 30 heavy (non-hydrogen) atoms. The van der Waals surface area contributed by atoms with Gasteiger partial charge in [-0.3, -0.25) is 9.59 Å². The van der Waals surface area contributed by atoms with E-state index in [-0.39, 0.29) is 0 Å². The van der Waals surface area contributed by atoms with Gasteiger partial charge in [-0.2, -0.15) is 0 Å². The minimum absolute atomic E-state index is 0.461. The van der Waals surface area contributed by atoms with E-state index in [0.29, 0.717) is 36.1 Å². The molecule has 0 aromatic heterocycles. The van der Waals surface area contributed by atoms with Gasteiger partial charge in [0.2, 0.25) is 0 Å². The van der Waals surface area contributed by atoms with E-state index in [0.717, 1.165) is 18.8 Å². The molecule has 0 atom stereocenters. The lowest BCUT2D eigenvalue weighted by Gasteiger charge is -2.28. The second-order valence-corrected chi connectivity index (χ2v) is 7.03. The monoisotopic (exact) mass is 411 g/mol. The van der Waals surface area contributed by atoms with E-state index in [4.69, 9.17) is 9.47 Å². The van der Waals surface area contributed by atoms with Crippen LogP contribution in [0.4, 0.5) is 17.1 Å². The van der Waals surface area contributed by atoms with E-state index < -0.39 is 11.8 Å². The molecule has 1 heterocycles. The van der Waals surface area contributed by atoms with Crippen LogP contribution >= 0.6 is 0 Å². The SMILES string of the molecule is CCOc1ccc(NC(=O)C(=O)Nc2ccc(N3CCCCC3)cc2)cc1OCC. The second kappa shape index (κ2) is 10.5. The van der Waals surface area contributed by atoms with Gasteiger partial charge in [-0.15, -0.1) is 0 Å². The van der Waals surface area contributed by atoms with Gasteiger partial charge in [0, 0.05) is 36.2 Å². The Labute approximate surface area is 177 Å². The molecule has 7 heteroatoms. The first-order valence-electron chi connectivity index (χ1n) is 10.5. The second-order valence-electron chi connectivity index (χ2n) is 7.03. The third kappa shape index (κ3) is 5.65.